The normalized spacial score (nSPS) is 19.6. The summed E-state index contributed by atoms with van der Waals surface area (Å²) >= 11 is 3.45. The zero-order valence-corrected chi connectivity index (χ0v) is 13.4. The Morgan fingerprint density at radius 2 is 2.14 bits per heavy atom. The van der Waals surface area contributed by atoms with Gasteiger partial charge in [-0.25, -0.2) is 0 Å². The number of nitro benzene ring substituents is 1. The fourth-order valence-corrected chi connectivity index (χ4v) is 3.32. The summed E-state index contributed by atoms with van der Waals surface area (Å²) in [7, 11) is 0. The number of halogens is 1. The monoisotopic (exact) mass is 356 g/mol. The van der Waals surface area contributed by atoms with Crippen LogP contribution in [0.4, 0.5) is 11.4 Å². The van der Waals surface area contributed by atoms with Gasteiger partial charge in [0.15, 0.2) is 5.75 Å². The van der Waals surface area contributed by atoms with Gasteiger partial charge in [0, 0.05) is 29.7 Å². The fourth-order valence-electron chi connectivity index (χ4n) is 2.73. The standard InChI is InChI=1S/C14H17BrN2O4/c1-2-20-13-8-11(10(15)7-12(13)17(18)19)16-5-3-14(4-6-16)9-21-14/h7-8H,2-6,9H2,1H3. The van der Waals surface area contributed by atoms with E-state index in [4.69, 9.17) is 9.47 Å². The Morgan fingerprint density at radius 3 is 2.67 bits per heavy atom. The van der Waals surface area contributed by atoms with Crippen LogP contribution in [-0.4, -0.2) is 36.8 Å². The predicted molar refractivity (Wildman–Crippen MR) is 82.1 cm³/mol. The molecule has 7 heteroatoms. The smallest absolute Gasteiger partial charge is 0.312 e. The van der Waals surface area contributed by atoms with E-state index in [2.05, 4.69) is 20.8 Å². The molecule has 3 rings (SSSR count). The summed E-state index contributed by atoms with van der Waals surface area (Å²) in [5.41, 5.74) is 1.05. The van der Waals surface area contributed by atoms with Crippen molar-refractivity contribution in [3.63, 3.8) is 0 Å². The lowest BCUT2D eigenvalue weighted by atomic mass is 9.97. The number of piperidine rings is 1. The van der Waals surface area contributed by atoms with Crippen molar-refractivity contribution in [2.45, 2.75) is 25.4 Å². The summed E-state index contributed by atoms with van der Waals surface area (Å²) < 4.78 is 11.7. The van der Waals surface area contributed by atoms with Crippen LogP contribution < -0.4 is 9.64 Å². The summed E-state index contributed by atoms with van der Waals surface area (Å²) in [6.07, 6.45) is 2.00. The summed E-state index contributed by atoms with van der Waals surface area (Å²) in [5.74, 6) is 0.323. The number of anilines is 1. The lowest BCUT2D eigenvalue weighted by Gasteiger charge is -2.33. The highest BCUT2D eigenvalue weighted by atomic mass is 79.9. The number of nitro groups is 1. The largest absolute Gasteiger partial charge is 0.487 e. The highest BCUT2D eigenvalue weighted by Gasteiger charge is 2.46. The molecular formula is C14H17BrN2O4. The molecule has 0 unspecified atom stereocenters. The van der Waals surface area contributed by atoms with E-state index in [1.165, 1.54) is 6.07 Å². The van der Waals surface area contributed by atoms with Crippen molar-refractivity contribution in [3.05, 3.63) is 26.7 Å². The topological polar surface area (TPSA) is 68.1 Å². The molecule has 2 saturated heterocycles. The van der Waals surface area contributed by atoms with Crippen molar-refractivity contribution in [2.24, 2.45) is 0 Å². The van der Waals surface area contributed by atoms with Gasteiger partial charge in [-0.3, -0.25) is 10.1 Å². The molecule has 0 radical (unpaired) electrons. The van der Waals surface area contributed by atoms with E-state index in [-0.39, 0.29) is 11.3 Å². The molecule has 0 N–H and O–H groups in total. The summed E-state index contributed by atoms with van der Waals surface area (Å²) in [6, 6.07) is 3.29. The molecule has 0 saturated carbocycles. The Hall–Kier alpha value is -1.34. The minimum Gasteiger partial charge on any atom is -0.487 e. The quantitative estimate of drug-likeness (QED) is 0.471. The van der Waals surface area contributed by atoms with Gasteiger partial charge in [-0.2, -0.15) is 0 Å². The Kier molecular flexibility index (Phi) is 3.79. The van der Waals surface area contributed by atoms with Crippen LogP contribution >= 0.6 is 15.9 Å². The van der Waals surface area contributed by atoms with Crippen molar-refractivity contribution in [3.8, 4) is 5.75 Å². The minimum absolute atomic E-state index is 0.00789. The predicted octanol–water partition coefficient (Wildman–Crippen LogP) is 3.13. The molecule has 2 fully saturated rings. The highest BCUT2D eigenvalue weighted by molar-refractivity contribution is 9.10. The zero-order valence-electron chi connectivity index (χ0n) is 11.8. The van der Waals surface area contributed by atoms with Gasteiger partial charge in [0.25, 0.3) is 0 Å². The van der Waals surface area contributed by atoms with Crippen LogP contribution in [-0.2, 0) is 4.74 Å². The Bertz CT molecular complexity index is 564. The van der Waals surface area contributed by atoms with Crippen LogP contribution in [0.25, 0.3) is 0 Å². The van der Waals surface area contributed by atoms with Crippen LogP contribution in [0, 0.1) is 10.1 Å². The first kappa shape index (κ1) is 14.6. The first-order valence-electron chi connectivity index (χ1n) is 7.04. The second kappa shape index (κ2) is 5.46. The van der Waals surface area contributed by atoms with Crippen molar-refractivity contribution in [1.29, 1.82) is 0 Å². The Labute approximate surface area is 131 Å². The minimum atomic E-state index is -0.414. The average Bonchev–Trinajstić information content (AvgIpc) is 3.21. The SMILES string of the molecule is CCOc1cc(N2CCC3(CC2)CO3)c(Br)cc1[N+](=O)[O-]. The third-order valence-corrected chi connectivity index (χ3v) is 4.73. The summed E-state index contributed by atoms with van der Waals surface area (Å²) in [6.45, 7) is 4.87. The maximum absolute atomic E-state index is 11.1. The molecule has 6 nitrogen and oxygen atoms in total. The van der Waals surface area contributed by atoms with Gasteiger partial charge in [0.05, 0.1) is 29.4 Å². The molecule has 0 bridgehead atoms. The number of epoxide rings is 1. The number of ether oxygens (including phenoxy) is 2. The van der Waals surface area contributed by atoms with Crippen molar-refractivity contribution in [1.82, 2.24) is 0 Å². The van der Waals surface area contributed by atoms with Crippen LogP contribution in [0.3, 0.4) is 0 Å². The third-order valence-electron chi connectivity index (χ3n) is 4.09. The van der Waals surface area contributed by atoms with Gasteiger partial charge in [0.1, 0.15) is 0 Å². The number of hydrogen-bond acceptors (Lipinski definition) is 5. The summed E-state index contributed by atoms with van der Waals surface area (Å²) in [4.78, 5) is 12.9. The molecule has 1 aromatic rings. The van der Waals surface area contributed by atoms with Gasteiger partial charge in [0.2, 0.25) is 0 Å². The molecule has 1 spiro atoms. The molecular weight excluding hydrogens is 340 g/mol. The number of rotatable bonds is 4. The van der Waals surface area contributed by atoms with E-state index < -0.39 is 4.92 Å². The second-order valence-corrected chi connectivity index (χ2v) is 6.27. The summed E-state index contributed by atoms with van der Waals surface area (Å²) in [5, 5.41) is 11.1. The van der Waals surface area contributed by atoms with Crippen molar-refractivity contribution < 1.29 is 14.4 Å². The molecule has 0 amide bonds. The molecule has 2 aliphatic heterocycles. The molecule has 2 aliphatic rings. The van der Waals surface area contributed by atoms with Crippen LogP contribution in [0.5, 0.6) is 5.75 Å². The molecule has 0 atom stereocenters. The van der Waals surface area contributed by atoms with Crippen molar-refractivity contribution >= 4 is 27.3 Å². The van der Waals surface area contributed by atoms with Gasteiger partial charge in [-0.05, 0) is 35.7 Å². The molecule has 0 aliphatic carbocycles. The van der Waals surface area contributed by atoms with E-state index in [0.29, 0.717) is 12.4 Å². The average molecular weight is 357 g/mol. The molecule has 1 aromatic carbocycles. The van der Waals surface area contributed by atoms with Gasteiger partial charge in [-0.15, -0.1) is 0 Å². The maximum atomic E-state index is 11.1. The molecule has 2 heterocycles. The van der Waals surface area contributed by atoms with E-state index in [1.54, 1.807) is 6.07 Å². The number of hydrogen-bond donors (Lipinski definition) is 0. The first-order valence-corrected chi connectivity index (χ1v) is 7.83. The van der Waals surface area contributed by atoms with Crippen molar-refractivity contribution in [2.75, 3.05) is 31.2 Å². The zero-order chi connectivity index (χ0) is 15.0. The van der Waals surface area contributed by atoms with E-state index in [0.717, 1.165) is 42.7 Å². The molecule has 0 aromatic heterocycles. The fraction of sp³-hybridized carbons (Fsp3) is 0.571. The highest BCUT2D eigenvalue weighted by Crippen LogP contribution is 2.43. The first-order chi connectivity index (χ1) is 10.0. The van der Waals surface area contributed by atoms with Crippen LogP contribution in [0.2, 0.25) is 0 Å². The van der Waals surface area contributed by atoms with Gasteiger partial charge in [-0.1, -0.05) is 0 Å². The van der Waals surface area contributed by atoms with E-state index >= 15 is 0 Å². The number of nitrogens with zero attached hydrogens (tertiary/aromatic N) is 2. The molecule has 114 valence electrons. The van der Waals surface area contributed by atoms with Crippen LogP contribution in [0.15, 0.2) is 16.6 Å². The van der Waals surface area contributed by atoms with Crippen LogP contribution in [0.1, 0.15) is 19.8 Å². The van der Waals surface area contributed by atoms with E-state index in [1.807, 2.05) is 6.92 Å². The number of benzene rings is 1. The second-order valence-electron chi connectivity index (χ2n) is 5.42. The lowest BCUT2D eigenvalue weighted by Crippen LogP contribution is -2.37. The van der Waals surface area contributed by atoms with Gasteiger partial charge >= 0.3 is 5.69 Å². The van der Waals surface area contributed by atoms with E-state index in [9.17, 15) is 10.1 Å². The van der Waals surface area contributed by atoms with Gasteiger partial charge < -0.3 is 14.4 Å². The third kappa shape index (κ3) is 2.85. The Balaban J connectivity index is 1.87. The Morgan fingerprint density at radius 1 is 1.48 bits per heavy atom. The maximum Gasteiger partial charge on any atom is 0.312 e. The lowest BCUT2D eigenvalue weighted by molar-refractivity contribution is -0.385. The molecule has 21 heavy (non-hydrogen) atoms.